The van der Waals surface area contributed by atoms with E-state index < -0.39 is 5.91 Å². The number of imide groups is 1. The van der Waals surface area contributed by atoms with E-state index in [1.807, 2.05) is 24.3 Å². The first-order valence-corrected chi connectivity index (χ1v) is 13.4. The molecule has 39 heavy (non-hydrogen) atoms. The number of nitrogens with zero attached hydrogens (tertiary/aromatic N) is 2. The van der Waals surface area contributed by atoms with Crippen LogP contribution in [0.5, 0.6) is 11.5 Å². The molecule has 196 valence electrons. The molecule has 2 aliphatic heterocycles. The molecule has 0 unspecified atom stereocenters. The van der Waals surface area contributed by atoms with Crippen LogP contribution in [-0.4, -0.2) is 33.3 Å². The molecule has 11 heteroatoms. The number of carbonyl (C=O) groups is 3. The number of fused-ring (bicyclic) bond motifs is 2. The molecule has 3 heterocycles. The molecule has 1 fully saturated rings. The van der Waals surface area contributed by atoms with Gasteiger partial charge in [0.05, 0.1) is 11.4 Å². The van der Waals surface area contributed by atoms with E-state index in [4.69, 9.17) is 32.7 Å². The second-order valence-corrected chi connectivity index (χ2v) is 10.7. The predicted octanol–water partition coefficient (Wildman–Crippen LogP) is 6.55. The number of aromatic nitrogens is 1. The van der Waals surface area contributed by atoms with Crippen LogP contribution in [0.3, 0.4) is 0 Å². The Kier molecular flexibility index (Phi) is 6.72. The smallest absolute Gasteiger partial charge is 0.293 e. The summed E-state index contributed by atoms with van der Waals surface area (Å²) >= 11 is 13.1. The molecule has 3 aromatic carbocycles. The van der Waals surface area contributed by atoms with Crippen molar-refractivity contribution in [3.05, 3.63) is 92.9 Å². The zero-order valence-corrected chi connectivity index (χ0v) is 22.5. The summed E-state index contributed by atoms with van der Waals surface area (Å²) < 4.78 is 12.5. The Morgan fingerprint density at radius 1 is 1.03 bits per heavy atom. The summed E-state index contributed by atoms with van der Waals surface area (Å²) in [5.74, 6) is 0.568. The topological polar surface area (TPSA) is 89.9 Å². The van der Waals surface area contributed by atoms with Crippen molar-refractivity contribution < 1.29 is 23.9 Å². The van der Waals surface area contributed by atoms with Crippen molar-refractivity contribution in [1.82, 2.24) is 9.47 Å². The fourth-order valence-electron chi connectivity index (χ4n) is 4.45. The molecule has 0 saturated carbocycles. The van der Waals surface area contributed by atoms with Crippen LogP contribution in [0.15, 0.2) is 71.8 Å². The van der Waals surface area contributed by atoms with Crippen LogP contribution in [-0.2, 0) is 22.7 Å². The Morgan fingerprint density at radius 2 is 1.85 bits per heavy atom. The second kappa shape index (κ2) is 10.3. The number of carbonyl (C=O) groups excluding carboxylic acids is 3. The second-order valence-electron chi connectivity index (χ2n) is 8.85. The van der Waals surface area contributed by atoms with Gasteiger partial charge in [0.25, 0.3) is 11.1 Å². The number of hydrogen-bond donors (Lipinski definition) is 1. The van der Waals surface area contributed by atoms with Gasteiger partial charge in [-0.3, -0.25) is 19.3 Å². The van der Waals surface area contributed by atoms with Crippen molar-refractivity contribution in [2.75, 3.05) is 12.1 Å². The van der Waals surface area contributed by atoms with E-state index in [1.165, 1.54) is 0 Å². The van der Waals surface area contributed by atoms with Gasteiger partial charge in [-0.25, -0.2) is 0 Å². The lowest BCUT2D eigenvalue weighted by atomic mass is 10.1. The van der Waals surface area contributed by atoms with Crippen LogP contribution in [0.4, 0.5) is 10.5 Å². The Morgan fingerprint density at radius 3 is 2.69 bits per heavy atom. The first kappa shape index (κ1) is 25.4. The summed E-state index contributed by atoms with van der Waals surface area (Å²) in [7, 11) is 0. The molecule has 3 amide bonds. The number of nitrogens with one attached hydrogen (secondary N) is 1. The third-order valence-corrected chi connectivity index (χ3v) is 7.79. The third kappa shape index (κ3) is 5.08. The summed E-state index contributed by atoms with van der Waals surface area (Å²) in [5, 5.41) is 4.19. The molecule has 0 radical (unpaired) electrons. The highest BCUT2D eigenvalue weighted by atomic mass is 35.5. The largest absolute Gasteiger partial charge is 0.454 e. The van der Waals surface area contributed by atoms with Crippen LogP contribution in [0.25, 0.3) is 17.0 Å². The van der Waals surface area contributed by atoms with Gasteiger partial charge >= 0.3 is 0 Å². The number of hydrogen-bond acceptors (Lipinski definition) is 6. The van der Waals surface area contributed by atoms with E-state index in [0.29, 0.717) is 32.8 Å². The van der Waals surface area contributed by atoms with Gasteiger partial charge in [0.2, 0.25) is 12.7 Å². The van der Waals surface area contributed by atoms with Crippen LogP contribution in [0.1, 0.15) is 11.1 Å². The Labute approximate surface area is 237 Å². The number of para-hydroxylation sites is 1. The fourth-order valence-corrected chi connectivity index (χ4v) is 5.75. The molecule has 1 N–H and O–H groups in total. The van der Waals surface area contributed by atoms with Gasteiger partial charge in [-0.05, 0) is 53.7 Å². The predicted molar refractivity (Wildman–Crippen MR) is 151 cm³/mol. The van der Waals surface area contributed by atoms with Crippen molar-refractivity contribution in [1.29, 1.82) is 0 Å². The summed E-state index contributed by atoms with van der Waals surface area (Å²) in [5.41, 5.74) is 2.75. The molecular weight excluding hydrogens is 561 g/mol. The fraction of sp³-hybridized carbons (Fsp3) is 0.107. The van der Waals surface area contributed by atoms with E-state index >= 15 is 0 Å². The summed E-state index contributed by atoms with van der Waals surface area (Å²) in [6, 6.07) is 17.7. The van der Waals surface area contributed by atoms with Crippen molar-refractivity contribution >= 4 is 74.7 Å². The molecular formula is C28H19Cl2N3O5S. The van der Waals surface area contributed by atoms with Crippen LogP contribution >= 0.6 is 35.0 Å². The molecule has 0 atom stereocenters. The van der Waals surface area contributed by atoms with Gasteiger partial charge in [0.1, 0.15) is 6.54 Å². The maximum Gasteiger partial charge on any atom is 0.293 e. The first-order valence-electron chi connectivity index (χ1n) is 11.8. The maximum atomic E-state index is 13.2. The lowest BCUT2D eigenvalue weighted by Gasteiger charge is -2.13. The number of benzene rings is 3. The minimum absolute atomic E-state index is 0.0410. The Balaban J connectivity index is 1.23. The summed E-state index contributed by atoms with van der Waals surface area (Å²) in [6.45, 7) is 0.235. The standard InChI is InChI=1S/C28H19Cl2N3O5S/c29-18-6-5-16(21(30)10-18)13-33-27(35)25(39-28(33)36)9-17-12-32(22-4-2-1-3-20(17)22)14-26(34)31-19-7-8-23-24(11-19)38-15-37-23/h1-12H,13-15H2,(H,31,34)/b25-9-. The molecule has 0 bridgehead atoms. The maximum absolute atomic E-state index is 13.2. The number of rotatable bonds is 6. The monoisotopic (exact) mass is 579 g/mol. The van der Waals surface area contributed by atoms with Gasteiger partial charge < -0.3 is 19.4 Å². The van der Waals surface area contributed by atoms with E-state index in [-0.39, 0.29) is 35.9 Å². The van der Waals surface area contributed by atoms with Gasteiger partial charge in [0, 0.05) is 44.5 Å². The summed E-state index contributed by atoms with van der Waals surface area (Å²) in [4.78, 5) is 40.2. The average molecular weight is 580 g/mol. The molecule has 8 nitrogen and oxygen atoms in total. The number of amides is 3. The molecule has 0 spiro atoms. The number of anilines is 1. The lowest BCUT2D eigenvalue weighted by Crippen LogP contribution is -2.27. The molecule has 4 aromatic rings. The Bertz CT molecular complexity index is 1700. The van der Waals surface area contributed by atoms with Crippen LogP contribution in [0, 0.1) is 0 Å². The first-order chi connectivity index (χ1) is 18.9. The minimum atomic E-state index is -0.409. The van der Waals surface area contributed by atoms with E-state index in [9.17, 15) is 14.4 Å². The zero-order chi connectivity index (χ0) is 27.1. The normalized spacial score (nSPS) is 15.5. The highest BCUT2D eigenvalue weighted by Gasteiger charge is 2.35. The number of ether oxygens (including phenoxy) is 2. The molecule has 0 aliphatic carbocycles. The molecule has 1 saturated heterocycles. The molecule has 1 aromatic heterocycles. The molecule has 6 rings (SSSR count). The van der Waals surface area contributed by atoms with Gasteiger partial charge in [-0.1, -0.05) is 47.5 Å². The lowest BCUT2D eigenvalue weighted by molar-refractivity contribution is -0.123. The number of thioether (sulfide) groups is 1. The highest BCUT2D eigenvalue weighted by molar-refractivity contribution is 8.18. The zero-order valence-electron chi connectivity index (χ0n) is 20.1. The van der Waals surface area contributed by atoms with Gasteiger partial charge in [-0.15, -0.1) is 0 Å². The van der Waals surface area contributed by atoms with Crippen molar-refractivity contribution in [3.8, 4) is 11.5 Å². The van der Waals surface area contributed by atoms with Gasteiger partial charge in [0.15, 0.2) is 11.5 Å². The quantitative estimate of drug-likeness (QED) is 0.260. The van der Waals surface area contributed by atoms with E-state index in [0.717, 1.165) is 33.1 Å². The van der Waals surface area contributed by atoms with E-state index in [2.05, 4.69) is 5.32 Å². The van der Waals surface area contributed by atoms with Gasteiger partial charge in [-0.2, -0.15) is 0 Å². The van der Waals surface area contributed by atoms with Crippen LogP contribution in [0.2, 0.25) is 10.0 Å². The number of halogens is 2. The third-order valence-electron chi connectivity index (χ3n) is 6.29. The van der Waals surface area contributed by atoms with Crippen molar-refractivity contribution in [2.45, 2.75) is 13.1 Å². The van der Waals surface area contributed by atoms with Crippen molar-refractivity contribution in [3.63, 3.8) is 0 Å². The Hall–Kier alpha value is -3.92. The average Bonchev–Trinajstić information content (AvgIpc) is 3.58. The van der Waals surface area contributed by atoms with E-state index in [1.54, 1.807) is 53.2 Å². The summed E-state index contributed by atoms with van der Waals surface area (Å²) in [6.07, 6.45) is 3.48. The molecule has 2 aliphatic rings. The highest BCUT2D eigenvalue weighted by Crippen LogP contribution is 2.36. The SMILES string of the molecule is O=C(Cn1cc(/C=C2\SC(=O)N(Cc3ccc(Cl)cc3Cl)C2=O)c2ccccc21)Nc1ccc2c(c1)OCO2. The minimum Gasteiger partial charge on any atom is -0.454 e. The van der Waals surface area contributed by atoms with Crippen molar-refractivity contribution in [2.24, 2.45) is 0 Å². The van der Waals surface area contributed by atoms with Crippen LogP contribution < -0.4 is 14.8 Å².